The van der Waals surface area contributed by atoms with Crippen LogP contribution in [-0.4, -0.2) is 59.1 Å². The number of hydrogen-bond donors (Lipinski definition) is 0. The largest absolute Gasteiger partial charge is 0.303 e. The fraction of sp³-hybridized carbons (Fsp3) is 0.412. The summed E-state index contributed by atoms with van der Waals surface area (Å²) in [5.41, 5.74) is 2.86. The van der Waals surface area contributed by atoms with Crippen molar-refractivity contribution >= 4 is 29.4 Å². The first kappa shape index (κ1) is 17.3. The molecule has 1 aliphatic heterocycles. The van der Waals surface area contributed by atoms with Crippen molar-refractivity contribution in [2.45, 2.75) is 13.5 Å². The third-order valence-electron chi connectivity index (χ3n) is 4.18. The van der Waals surface area contributed by atoms with Gasteiger partial charge in [0.1, 0.15) is 5.15 Å². The van der Waals surface area contributed by atoms with Gasteiger partial charge in [0.25, 0.3) is 0 Å². The van der Waals surface area contributed by atoms with Crippen LogP contribution in [0.4, 0.5) is 0 Å². The van der Waals surface area contributed by atoms with Gasteiger partial charge in [0, 0.05) is 31.2 Å². The molecule has 0 aliphatic carbocycles. The van der Waals surface area contributed by atoms with E-state index in [1.807, 2.05) is 37.4 Å². The van der Waals surface area contributed by atoms with E-state index in [-0.39, 0.29) is 0 Å². The molecule has 0 bridgehead atoms. The van der Waals surface area contributed by atoms with Crippen LogP contribution in [0.15, 0.2) is 29.4 Å². The third kappa shape index (κ3) is 4.09. The summed E-state index contributed by atoms with van der Waals surface area (Å²) in [6.07, 6.45) is 1.83. The van der Waals surface area contributed by atoms with Gasteiger partial charge in [-0.2, -0.15) is 10.2 Å². The van der Waals surface area contributed by atoms with Gasteiger partial charge < -0.3 is 4.90 Å². The molecular formula is C17H21Cl2N5. The van der Waals surface area contributed by atoms with Gasteiger partial charge in [-0.3, -0.25) is 5.01 Å². The van der Waals surface area contributed by atoms with Crippen LogP contribution < -0.4 is 0 Å². The highest BCUT2D eigenvalue weighted by Gasteiger charge is 2.14. The molecule has 0 unspecified atom stereocenters. The number of piperazine rings is 1. The lowest BCUT2D eigenvalue weighted by Crippen LogP contribution is -2.41. The topological polar surface area (TPSA) is 36.7 Å². The summed E-state index contributed by atoms with van der Waals surface area (Å²) in [5, 5.41) is 12.5. The molecule has 3 rings (SSSR count). The summed E-state index contributed by atoms with van der Waals surface area (Å²) in [4.78, 5) is 2.30. The first-order chi connectivity index (χ1) is 11.5. The first-order valence-electron chi connectivity index (χ1n) is 7.98. The Bertz CT molecular complexity index is 715. The zero-order chi connectivity index (χ0) is 17.1. The highest BCUT2D eigenvalue weighted by atomic mass is 35.5. The normalized spacial score (nSPS) is 16.2. The Morgan fingerprint density at radius 3 is 2.46 bits per heavy atom. The highest BCUT2D eigenvalue weighted by Crippen LogP contribution is 2.20. The van der Waals surface area contributed by atoms with Crippen molar-refractivity contribution in [2.75, 3.05) is 33.2 Å². The van der Waals surface area contributed by atoms with Crippen LogP contribution >= 0.6 is 23.2 Å². The molecule has 128 valence electrons. The molecule has 2 aromatic rings. The predicted octanol–water partition coefficient (Wildman–Crippen LogP) is 3.13. The van der Waals surface area contributed by atoms with Crippen LogP contribution in [0.3, 0.4) is 0 Å². The lowest BCUT2D eigenvalue weighted by Gasteiger charge is -2.30. The maximum atomic E-state index is 6.51. The Kier molecular flexibility index (Phi) is 5.43. The number of hydrogen-bond acceptors (Lipinski definition) is 4. The minimum absolute atomic E-state index is 0.610. The first-order valence-corrected chi connectivity index (χ1v) is 8.73. The highest BCUT2D eigenvalue weighted by molar-refractivity contribution is 6.32. The number of benzene rings is 1. The monoisotopic (exact) mass is 365 g/mol. The molecule has 0 saturated carbocycles. The smallest absolute Gasteiger partial charge is 0.136 e. The van der Waals surface area contributed by atoms with E-state index in [1.165, 1.54) is 0 Å². The van der Waals surface area contributed by atoms with Crippen LogP contribution in [0.2, 0.25) is 10.2 Å². The summed E-state index contributed by atoms with van der Waals surface area (Å²) in [7, 11) is 2.13. The Morgan fingerprint density at radius 2 is 1.79 bits per heavy atom. The molecule has 0 atom stereocenters. The second kappa shape index (κ2) is 7.55. The molecule has 1 fully saturated rings. The molecule has 1 aliphatic rings. The van der Waals surface area contributed by atoms with E-state index < -0.39 is 0 Å². The Labute approximate surface area is 152 Å². The summed E-state index contributed by atoms with van der Waals surface area (Å²) >= 11 is 12.4. The maximum absolute atomic E-state index is 6.51. The summed E-state index contributed by atoms with van der Waals surface area (Å²) in [6, 6.07) is 7.70. The van der Waals surface area contributed by atoms with Crippen molar-refractivity contribution in [1.29, 1.82) is 0 Å². The van der Waals surface area contributed by atoms with Crippen molar-refractivity contribution in [3.63, 3.8) is 0 Å². The standard InChI is InChI=1S/C17H21Cl2N5/c1-13-16(11-20-23-9-7-22(2)8-10-23)17(19)24(21-13)12-14-3-5-15(18)6-4-14/h3-6,11H,7-10,12H2,1-2H3/b20-11+. The Hall–Kier alpha value is -1.56. The fourth-order valence-electron chi connectivity index (χ4n) is 2.63. The van der Waals surface area contributed by atoms with Crippen molar-refractivity contribution in [2.24, 2.45) is 5.10 Å². The van der Waals surface area contributed by atoms with Crippen molar-refractivity contribution in [3.05, 3.63) is 51.3 Å². The number of rotatable bonds is 4. The lowest BCUT2D eigenvalue weighted by atomic mass is 10.2. The van der Waals surface area contributed by atoms with Crippen LogP contribution in [0, 0.1) is 6.92 Å². The maximum Gasteiger partial charge on any atom is 0.136 e. The molecule has 2 heterocycles. The minimum atomic E-state index is 0.610. The number of nitrogens with zero attached hydrogens (tertiary/aromatic N) is 5. The van der Waals surface area contributed by atoms with E-state index in [0.717, 1.165) is 48.0 Å². The minimum Gasteiger partial charge on any atom is -0.303 e. The SMILES string of the molecule is Cc1nn(Cc2ccc(Cl)cc2)c(Cl)c1/C=N/N1CCN(C)CC1. The van der Waals surface area contributed by atoms with Crippen molar-refractivity contribution < 1.29 is 0 Å². The molecular weight excluding hydrogens is 345 g/mol. The van der Waals surface area contributed by atoms with Crippen molar-refractivity contribution in [3.8, 4) is 0 Å². The average molecular weight is 366 g/mol. The molecule has 7 heteroatoms. The number of aryl methyl sites for hydroxylation is 1. The Morgan fingerprint density at radius 1 is 1.12 bits per heavy atom. The van der Waals surface area contributed by atoms with Crippen LogP contribution in [0.1, 0.15) is 16.8 Å². The van der Waals surface area contributed by atoms with E-state index in [0.29, 0.717) is 11.7 Å². The van der Waals surface area contributed by atoms with Gasteiger partial charge in [-0.05, 0) is 31.7 Å². The van der Waals surface area contributed by atoms with Crippen LogP contribution in [0.5, 0.6) is 0 Å². The fourth-order valence-corrected chi connectivity index (χ4v) is 3.04. The van der Waals surface area contributed by atoms with E-state index in [2.05, 4.69) is 27.2 Å². The van der Waals surface area contributed by atoms with Gasteiger partial charge in [0.2, 0.25) is 0 Å². The number of hydrazone groups is 1. The van der Waals surface area contributed by atoms with Gasteiger partial charge in [-0.1, -0.05) is 35.3 Å². The quantitative estimate of drug-likeness (QED) is 0.781. The van der Waals surface area contributed by atoms with Gasteiger partial charge >= 0.3 is 0 Å². The molecule has 0 N–H and O–H groups in total. The molecule has 5 nitrogen and oxygen atoms in total. The zero-order valence-corrected chi connectivity index (χ0v) is 15.4. The molecule has 1 saturated heterocycles. The molecule has 1 aromatic carbocycles. The number of likely N-dealkylation sites (N-methyl/N-ethyl adjacent to an activating group) is 1. The second-order valence-corrected chi connectivity index (χ2v) is 6.87. The molecule has 24 heavy (non-hydrogen) atoms. The van der Waals surface area contributed by atoms with Gasteiger partial charge in [0.15, 0.2) is 0 Å². The van der Waals surface area contributed by atoms with Gasteiger partial charge in [-0.15, -0.1) is 0 Å². The zero-order valence-electron chi connectivity index (χ0n) is 13.9. The predicted molar refractivity (Wildman–Crippen MR) is 99.2 cm³/mol. The second-order valence-electron chi connectivity index (χ2n) is 6.08. The summed E-state index contributed by atoms with van der Waals surface area (Å²) < 4.78 is 1.80. The molecule has 0 amide bonds. The summed E-state index contributed by atoms with van der Waals surface area (Å²) in [5.74, 6) is 0. The third-order valence-corrected chi connectivity index (χ3v) is 4.84. The molecule has 0 spiro atoms. The van der Waals surface area contributed by atoms with Crippen LogP contribution in [-0.2, 0) is 6.54 Å². The van der Waals surface area contributed by atoms with Gasteiger partial charge in [-0.25, -0.2) is 4.68 Å². The summed E-state index contributed by atoms with van der Waals surface area (Å²) in [6.45, 7) is 6.49. The average Bonchev–Trinajstić information content (AvgIpc) is 2.83. The van der Waals surface area contributed by atoms with Crippen LogP contribution in [0.25, 0.3) is 0 Å². The molecule has 1 aromatic heterocycles. The number of aromatic nitrogens is 2. The Balaban J connectivity index is 1.73. The van der Waals surface area contributed by atoms with E-state index in [4.69, 9.17) is 23.2 Å². The number of halogens is 2. The van der Waals surface area contributed by atoms with E-state index in [1.54, 1.807) is 4.68 Å². The lowest BCUT2D eigenvalue weighted by molar-refractivity contribution is 0.159. The van der Waals surface area contributed by atoms with E-state index in [9.17, 15) is 0 Å². The van der Waals surface area contributed by atoms with E-state index >= 15 is 0 Å². The van der Waals surface area contributed by atoms with Crippen molar-refractivity contribution in [1.82, 2.24) is 19.7 Å². The van der Waals surface area contributed by atoms with Gasteiger partial charge in [0.05, 0.1) is 24.0 Å². The molecule has 0 radical (unpaired) electrons.